The lowest BCUT2D eigenvalue weighted by Gasteiger charge is -2.32. The highest BCUT2D eigenvalue weighted by molar-refractivity contribution is 7.11. The van der Waals surface area contributed by atoms with Crippen molar-refractivity contribution in [2.75, 3.05) is 18.8 Å². The van der Waals surface area contributed by atoms with Crippen LogP contribution in [-0.2, 0) is 16.0 Å². The number of carboxylic acids is 1. The number of nitrogens with zero attached hydrogens (tertiary/aromatic N) is 4. The average molecular weight is 551 g/mol. The van der Waals surface area contributed by atoms with Crippen LogP contribution in [0.2, 0.25) is 0 Å². The maximum absolute atomic E-state index is 12.6. The zero-order valence-electron chi connectivity index (χ0n) is 20.3. The molecule has 3 aromatic heterocycles. The van der Waals surface area contributed by atoms with E-state index in [1.807, 2.05) is 23.3 Å². The van der Waals surface area contributed by atoms with Gasteiger partial charge in [-0.1, -0.05) is 0 Å². The van der Waals surface area contributed by atoms with Gasteiger partial charge in [-0.15, -0.1) is 11.3 Å². The van der Waals surface area contributed by atoms with Gasteiger partial charge in [-0.2, -0.15) is 18.4 Å². The van der Waals surface area contributed by atoms with E-state index in [0.717, 1.165) is 28.8 Å². The minimum absolute atomic E-state index is 0.116. The number of rotatable bonds is 5. The lowest BCUT2D eigenvalue weighted by atomic mass is 9.89. The van der Waals surface area contributed by atoms with Crippen LogP contribution in [0.5, 0.6) is 0 Å². The summed E-state index contributed by atoms with van der Waals surface area (Å²) in [7, 11) is 0. The molecule has 3 aromatic rings. The van der Waals surface area contributed by atoms with Crippen molar-refractivity contribution in [1.82, 2.24) is 19.9 Å². The Kier molecular flexibility index (Phi) is 9.05. The van der Waals surface area contributed by atoms with Gasteiger partial charge in [-0.25, -0.2) is 14.8 Å². The highest BCUT2D eigenvalue weighted by atomic mass is 32.1. The number of aromatic amines is 1. The second-order valence-electron chi connectivity index (χ2n) is 8.69. The fourth-order valence-corrected chi connectivity index (χ4v) is 4.84. The zero-order chi connectivity index (χ0) is 28.0. The Morgan fingerprint density at radius 2 is 2.00 bits per heavy atom. The van der Waals surface area contributed by atoms with Crippen LogP contribution in [0.4, 0.5) is 19.0 Å². The maximum Gasteiger partial charge on any atom is 0.490 e. The van der Waals surface area contributed by atoms with Gasteiger partial charge in [-0.3, -0.25) is 9.59 Å². The molecule has 1 amide bonds. The van der Waals surface area contributed by atoms with Crippen LogP contribution < -0.4 is 11.3 Å². The molecule has 1 saturated heterocycles. The Morgan fingerprint density at radius 1 is 1.34 bits per heavy atom. The molecular weight excluding hydrogens is 525 g/mol. The second-order valence-corrected chi connectivity index (χ2v) is 9.78. The molecule has 0 unspecified atom stereocenters. The normalized spacial score (nSPS) is 14.0. The Morgan fingerprint density at radius 3 is 2.61 bits per heavy atom. The summed E-state index contributed by atoms with van der Waals surface area (Å²) in [6.07, 6.45) is -0.0357. The fourth-order valence-electron chi connectivity index (χ4n) is 4.06. The number of nitrogens with two attached hydrogens (primary N) is 1. The second kappa shape index (κ2) is 12.0. The van der Waals surface area contributed by atoms with Gasteiger partial charge in [0.05, 0.1) is 16.5 Å². The molecule has 4 rings (SSSR count). The number of fused-ring (bicyclic) bond motifs is 1. The first kappa shape index (κ1) is 28.6. The van der Waals surface area contributed by atoms with Crippen LogP contribution >= 0.6 is 11.3 Å². The van der Waals surface area contributed by atoms with E-state index in [9.17, 15) is 22.8 Å². The monoisotopic (exact) mass is 550 g/mol. The molecule has 0 aliphatic carbocycles. The van der Waals surface area contributed by atoms with Crippen LogP contribution in [0.1, 0.15) is 53.4 Å². The predicted octanol–water partition coefficient (Wildman–Crippen LogP) is 3.50. The van der Waals surface area contributed by atoms with Gasteiger partial charge in [0.25, 0.3) is 5.56 Å². The molecule has 1 aliphatic heterocycles. The van der Waals surface area contributed by atoms with Crippen molar-refractivity contribution in [3.05, 3.63) is 49.8 Å². The number of alkyl halides is 3. The number of anilines is 1. The summed E-state index contributed by atoms with van der Waals surface area (Å²) in [6, 6.07) is 3.88. The number of hydrogen-bond acceptors (Lipinski definition) is 8. The Balaban J connectivity index is 0.000000505. The lowest BCUT2D eigenvalue weighted by molar-refractivity contribution is -0.192. The number of aliphatic carboxylic acids is 1. The van der Waals surface area contributed by atoms with Gasteiger partial charge in [0.2, 0.25) is 5.91 Å². The molecule has 202 valence electrons. The first-order valence-electron chi connectivity index (χ1n) is 11.6. The van der Waals surface area contributed by atoms with Crippen molar-refractivity contribution in [1.29, 1.82) is 5.26 Å². The van der Waals surface area contributed by atoms with Crippen molar-refractivity contribution >= 4 is 39.9 Å². The summed E-state index contributed by atoms with van der Waals surface area (Å²) in [6.45, 7) is 3.33. The summed E-state index contributed by atoms with van der Waals surface area (Å²) in [5.74, 6) is -1.47. The quantitative estimate of drug-likeness (QED) is 0.434. The molecule has 38 heavy (non-hydrogen) atoms. The van der Waals surface area contributed by atoms with Gasteiger partial charge in [0, 0.05) is 42.4 Å². The number of pyridine rings is 1. The number of carbonyl (C=O) groups excluding carboxylic acids is 1. The van der Waals surface area contributed by atoms with Gasteiger partial charge in [-0.05, 0) is 43.7 Å². The number of thiophene rings is 1. The number of piperidine rings is 1. The highest BCUT2D eigenvalue weighted by Crippen LogP contribution is 2.29. The number of nitriles is 1. The van der Waals surface area contributed by atoms with Crippen LogP contribution in [0.25, 0.3) is 10.9 Å². The van der Waals surface area contributed by atoms with E-state index in [1.165, 1.54) is 11.3 Å². The van der Waals surface area contributed by atoms with E-state index < -0.39 is 12.1 Å². The SMILES string of the molecule is Cc1scc2c(=O)[nH]c(CCCC(=O)N3CCC(c4cnc(N)c(C#N)c4)CC3)nc12.O=C(O)C(F)(F)F. The van der Waals surface area contributed by atoms with Crippen LogP contribution in [-0.4, -0.2) is 56.1 Å². The number of halogens is 3. The van der Waals surface area contributed by atoms with Crippen molar-refractivity contribution in [3.8, 4) is 6.07 Å². The number of carboxylic acid groups (broad SMARTS) is 1. The Hall–Kier alpha value is -3.99. The maximum atomic E-state index is 12.6. The molecule has 4 heterocycles. The molecule has 4 N–H and O–H groups in total. The van der Waals surface area contributed by atoms with E-state index in [4.69, 9.17) is 20.9 Å². The molecule has 10 nitrogen and oxygen atoms in total. The predicted molar refractivity (Wildman–Crippen MR) is 134 cm³/mol. The topological polar surface area (TPSA) is 166 Å². The Bertz CT molecular complexity index is 1420. The third-order valence-corrected chi connectivity index (χ3v) is 7.02. The van der Waals surface area contributed by atoms with Gasteiger partial charge >= 0.3 is 12.1 Å². The molecule has 0 bridgehead atoms. The van der Waals surface area contributed by atoms with Gasteiger partial charge in [0.1, 0.15) is 17.7 Å². The largest absolute Gasteiger partial charge is 0.490 e. The number of H-pyrrole nitrogens is 1. The fraction of sp³-hybridized carbons (Fsp3) is 0.417. The number of nitrogen functional groups attached to an aromatic ring is 1. The first-order chi connectivity index (χ1) is 17.9. The number of aryl methyl sites for hydroxylation is 2. The van der Waals surface area contributed by atoms with E-state index in [0.29, 0.717) is 49.1 Å². The number of nitrogens with one attached hydrogen (secondary N) is 1. The van der Waals surface area contributed by atoms with Crippen molar-refractivity contribution in [2.45, 2.75) is 51.1 Å². The molecule has 0 atom stereocenters. The minimum Gasteiger partial charge on any atom is -0.475 e. The van der Waals surface area contributed by atoms with Crippen LogP contribution in [0.15, 0.2) is 22.4 Å². The number of hydrogen-bond donors (Lipinski definition) is 3. The lowest BCUT2D eigenvalue weighted by Crippen LogP contribution is -2.37. The van der Waals surface area contributed by atoms with E-state index in [-0.39, 0.29) is 23.2 Å². The summed E-state index contributed by atoms with van der Waals surface area (Å²) in [5.41, 5.74) is 7.76. The van der Waals surface area contributed by atoms with E-state index in [1.54, 1.807) is 6.20 Å². The molecule has 0 radical (unpaired) electrons. The third-order valence-electron chi connectivity index (χ3n) is 6.12. The van der Waals surface area contributed by atoms with Gasteiger partial charge < -0.3 is 20.7 Å². The standard InChI is InChI=1S/C22H24N6O2S.C2HF3O2/c1-13-20-17(12-31-13)22(30)27-18(26-20)3-2-4-19(29)28-7-5-14(6-8-28)16-9-15(10-23)21(24)25-11-16;3-2(4,5)1(6)7/h9,11-12,14H,2-8H2,1H3,(H2,24,25)(H,26,27,30);(H,6,7). The smallest absolute Gasteiger partial charge is 0.475 e. The summed E-state index contributed by atoms with van der Waals surface area (Å²) >= 11 is 1.52. The number of likely N-dealkylation sites (tertiary alicyclic amines) is 1. The van der Waals surface area contributed by atoms with Crippen molar-refractivity contribution in [2.24, 2.45) is 0 Å². The number of carbonyl (C=O) groups is 2. The average Bonchev–Trinajstić information content (AvgIpc) is 3.25. The molecular formula is C24H25F3N6O4S. The number of amides is 1. The molecule has 0 saturated carbocycles. The van der Waals surface area contributed by atoms with E-state index in [2.05, 4.69) is 21.0 Å². The number of aromatic nitrogens is 3. The van der Waals surface area contributed by atoms with Gasteiger partial charge in [0.15, 0.2) is 0 Å². The summed E-state index contributed by atoms with van der Waals surface area (Å²) in [5, 5.41) is 18.7. The molecule has 14 heteroatoms. The first-order valence-corrected chi connectivity index (χ1v) is 12.5. The Labute approximate surface area is 218 Å². The molecule has 0 spiro atoms. The molecule has 1 fully saturated rings. The highest BCUT2D eigenvalue weighted by Gasteiger charge is 2.38. The summed E-state index contributed by atoms with van der Waals surface area (Å²) in [4.78, 5) is 48.1. The zero-order valence-corrected chi connectivity index (χ0v) is 21.2. The van der Waals surface area contributed by atoms with Crippen molar-refractivity contribution < 1.29 is 27.9 Å². The summed E-state index contributed by atoms with van der Waals surface area (Å²) < 4.78 is 31.7. The molecule has 0 aromatic carbocycles. The van der Waals surface area contributed by atoms with E-state index >= 15 is 0 Å². The third kappa shape index (κ3) is 7.06. The molecule has 1 aliphatic rings. The minimum atomic E-state index is -5.08. The van der Waals surface area contributed by atoms with Crippen molar-refractivity contribution in [3.63, 3.8) is 0 Å². The van der Waals surface area contributed by atoms with Crippen LogP contribution in [0, 0.1) is 18.3 Å². The van der Waals surface area contributed by atoms with Crippen LogP contribution in [0.3, 0.4) is 0 Å².